The van der Waals surface area contributed by atoms with Gasteiger partial charge in [0.25, 0.3) is 0 Å². The Bertz CT molecular complexity index is 1120. The smallest absolute Gasteiger partial charge is 0.164 e. The second-order valence-electron chi connectivity index (χ2n) is 8.83. The van der Waals surface area contributed by atoms with E-state index in [1.807, 2.05) is 0 Å². The van der Waals surface area contributed by atoms with E-state index in [0.29, 0.717) is 0 Å². The van der Waals surface area contributed by atoms with Crippen LogP contribution in [0.5, 0.6) is 0 Å². The summed E-state index contributed by atoms with van der Waals surface area (Å²) in [5.74, 6) is 1.82. The molecule has 32 heavy (non-hydrogen) atoms. The third-order valence-electron chi connectivity index (χ3n) is 6.68. The van der Waals surface area contributed by atoms with Gasteiger partial charge in [-0.05, 0) is 73.2 Å². The van der Waals surface area contributed by atoms with Crippen molar-refractivity contribution < 1.29 is 0 Å². The average Bonchev–Trinajstić information content (AvgIpc) is 3.21. The minimum Gasteiger partial charge on any atom is -0.313 e. The van der Waals surface area contributed by atoms with Crippen molar-refractivity contribution in [3.05, 3.63) is 70.8 Å². The van der Waals surface area contributed by atoms with Crippen molar-refractivity contribution in [2.24, 2.45) is 7.05 Å². The number of aromatic nitrogens is 3. The van der Waals surface area contributed by atoms with Crippen LogP contribution in [0.1, 0.15) is 35.1 Å². The fourth-order valence-corrected chi connectivity index (χ4v) is 4.80. The summed E-state index contributed by atoms with van der Waals surface area (Å²) in [7, 11) is 2.07. The highest BCUT2D eigenvalue weighted by molar-refractivity contribution is 5.74. The van der Waals surface area contributed by atoms with Gasteiger partial charge in [0.2, 0.25) is 0 Å². The molecule has 5 rings (SSSR count). The van der Waals surface area contributed by atoms with Gasteiger partial charge in [-0.15, -0.1) is 10.2 Å². The van der Waals surface area contributed by atoms with Crippen LogP contribution in [0.2, 0.25) is 0 Å². The van der Waals surface area contributed by atoms with Gasteiger partial charge < -0.3 is 15.2 Å². The van der Waals surface area contributed by atoms with Gasteiger partial charge in [0.15, 0.2) is 11.6 Å². The van der Waals surface area contributed by atoms with Crippen LogP contribution in [0.3, 0.4) is 0 Å². The average molecular weight is 426 g/mol. The van der Waals surface area contributed by atoms with Crippen molar-refractivity contribution in [3.8, 4) is 22.8 Å². The SMILES string of the molecule is Cc1cc(C2=CCNCC2)ccc1-c1nnc(-c2ccc(C3=CCNCC3)cc2C)n1C. The van der Waals surface area contributed by atoms with Crippen LogP contribution in [0.4, 0.5) is 0 Å². The summed E-state index contributed by atoms with van der Waals surface area (Å²) in [6.07, 6.45) is 6.75. The fraction of sp³-hybridized carbons (Fsp3) is 0.333. The molecule has 0 unspecified atom stereocenters. The third kappa shape index (κ3) is 3.94. The minimum atomic E-state index is 0.910. The van der Waals surface area contributed by atoms with Crippen LogP contribution < -0.4 is 10.6 Å². The first-order valence-corrected chi connectivity index (χ1v) is 11.5. The summed E-state index contributed by atoms with van der Waals surface area (Å²) in [5, 5.41) is 15.9. The molecule has 5 heteroatoms. The molecule has 0 amide bonds. The van der Waals surface area contributed by atoms with Gasteiger partial charge in [-0.3, -0.25) is 0 Å². The lowest BCUT2D eigenvalue weighted by Crippen LogP contribution is -2.20. The normalized spacial score (nSPS) is 16.6. The second-order valence-corrected chi connectivity index (χ2v) is 8.83. The van der Waals surface area contributed by atoms with E-state index < -0.39 is 0 Å². The molecule has 0 bridgehead atoms. The first-order valence-electron chi connectivity index (χ1n) is 11.5. The Morgan fingerprint density at radius 1 is 0.719 bits per heavy atom. The van der Waals surface area contributed by atoms with E-state index in [1.165, 1.54) is 33.4 Å². The Morgan fingerprint density at radius 3 is 1.56 bits per heavy atom. The van der Waals surface area contributed by atoms with Crippen molar-refractivity contribution >= 4 is 11.1 Å². The molecule has 2 aliphatic heterocycles. The van der Waals surface area contributed by atoms with Gasteiger partial charge >= 0.3 is 0 Å². The van der Waals surface area contributed by atoms with Crippen LogP contribution in [0.25, 0.3) is 33.9 Å². The van der Waals surface area contributed by atoms with E-state index in [9.17, 15) is 0 Å². The van der Waals surface area contributed by atoms with Crippen LogP contribution in [-0.2, 0) is 7.05 Å². The molecule has 0 saturated heterocycles. The Kier molecular flexibility index (Phi) is 5.77. The van der Waals surface area contributed by atoms with Crippen LogP contribution in [0, 0.1) is 13.8 Å². The standard InChI is InChI=1S/C27H31N5/c1-18-16-22(20-8-12-28-13-9-20)4-6-24(18)26-30-31-27(32(26)3)25-7-5-23(17-19(25)2)21-10-14-29-15-11-21/h4-8,10,16-17,28-29H,9,11-15H2,1-3H3. The maximum Gasteiger partial charge on any atom is 0.164 e. The first-order chi connectivity index (χ1) is 15.6. The van der Waals surface area contributed by atoms with Crippen molar-refractivity contribution in [1.29, 1.82) is 0 Å². The number of rotatable bonds is 4. The van der Waals surface area contributed by atoms with Gasteiger partial charge in [0, 0.05) is 31.3 Å². The molecule has 3 aromatic rings. The molecule has 5 nitrogen and oxygen atoms in total. The summed E-state index contributed by atoms with van der Waals surface area (Å²) in [6, 6.07) is 13.4. The van der Waals surface area contributed by atoms with E-state index in [1.54, 1.807) is 0 Å². The second kappa shape index (κ2) is 8.85. The van der Waals surface area contributed by atoms with E-state index in [0.717, 1.165) is 61.8 Å². The monoisotopic (exact) mass is 425 g/mol. The highest BCUT2D eigenvalue weighted by atomic mass is 15.3. The molecule has 0 saturated carbocycles. The Balaban J connectivity index is 1.46. The maximum atomic E-state index is 4.59. The van der Waals surface area contributed by atoms with Crippen LogP contribution >= 0.6 is 0 Å². The van der Waals surface area contributed by atoms with E-state index >= 15 is 0 Å². The molecular weight excluding hydrogens is 394 g/mol. The molecule has 2 aliphatic rings. The number of hydrogen-bond acceptors (Lipinski definition) is 4. The molecular formula is C27H31N5. The number of nitrogens with one attached hydrogen (secondary N) is 2. The molecule has 3 heterocycles. The molecule has 2 N–H and O–H groups in total. The summed E-state index contributed by atoms with van der Waals surface area (Å²) >= 11 is 0. The van der Waals surface area contributed by atoms with Crippen LogP contribution in [0.15, 0.2) is 48.6 Å². The molecule has 164 valence electrons. The largest absolute Gasteiger partial charge is 0.313 e. The van der Waals surface area contributed by atoms with Gasteiger partial charge in [-0.1, -0.05) is 48.6 Å². The summed E-state index contributed by atoms with van der Waals surface area (Å²) in [4.78, 5) is 0. The fourth-order valence-electron chi connectivity index (χ4n) is 4.80. The lowest BCUT2D eigenvalue weighted by molar-refractivity contribution is 0.738. The quantitative estimate of drug-likeness (QED) is 0.645. The Labute approximate surface area is 190 Å². The van der Waals surface area contributed by atoms with Gasteiger partial charge in [-0.25, -0.2) is 0 Å². The highest BCUT2D eigenvalue weighted by Gasteiger charge is 2.17. The molecule has 0 aliphatic carbocycles. The van der Waals surface area contributed by atoms with Crippen molar-refractivity contribution in [2.45, 2.75) is 26.7 Å². The molecule has 0 radical (unpaired) electrons. The lowest BCUT2D eigenvalue weighted by atomic mass is 9.95. The lowest BCUT2D eigenvalue weighted by Gasteiger charge is -2.16. The van der Waals surface area contributed by atoms with E-state index in [-0.39, 0.29) is 0 Å². The van der Waals surface area contributed by atoms with Crippen LogP contribution in [-0.4, -0.2) is 40.9 Å². The summed E-state index contributed by atoms with van der Waals surface area (Å²) < 4.78 is 2.12. The topological polar surface area (TPSA) is 54.8 Å². The van der Waals surface area contributed by atoms with Crippen molar-refractivity contribution in [2.75, 3.05) is 26.2 Å². The van der Waals surface area contributed by atoms with E-state index in [4.69, 9.17) is 0 Å². The number of nitrogens with zero attached hydrogens (tertiary/aromatic N) is 3. The van der Waals surface area contributed by atoms with Gasteiger partial charge in [-0.2, -0.15) is 0 Å². The number of hydrogen-bond donors (Lipinski definition) is 2. The zero-order valence-corrected chi connectivity index (χ0v) is 19.2. The number of aryl methyl sites for hydroxylation is 2. The minimum absolute atomic E-state index is 0.910. The molecule has 1 aromatic heterocycles. The predicted molar refractivity (Wildman–Crippen MR) is 132 cm³/mol. The number of benzene rings is 2. The molecule has 0 spiro atoms. The summed E-state index contributed by atoms with van der Waals surface area (Å²) in [5.41, 5.74) is 10.2. The zero-order valence-electron chi connectivity index (χ0n) is 19.2. The van der Waals surface area contributed by atoms with Crippen molar-refractivity contribution in [1.82, 2.24) is 25.4 Å². The van der Waals surface area contributed by atoms with E-state index in [2.05, 4.69) is 94.8 Å². The van der Waals surface area contributed by atoms with Gasteiger partial charge in [0.05, 0.1) is 0 Å². The molecule has 0 fully saturated rings. The Hall–Kier alpha value is -3.02. The first kappa shape index (κ1) is 20.9. The van der Waals surface area contributed by atoms with Crippen molar-refractivity contribution in [3.63, 3.8) is 0 Å². The predicted octanol–water partition coefficient (Wildman–Crippen LogP) is 4.52. The maximum absolute atomic E-state index is 4.59. The zero-order chi connectivity index (χ0) is 22.1. The highest BCUT2D eigenvalue weighted by Crippen LogP contribution is 2.31. The molecule has 2 aromatic carbocycles. The molecule has 0 atom stereocenters. The third-order valence-corrected chi connectivity index (χ3v) is 6.68. The Morgan fingerprint density at radius 2 is 1.19 bits per heavy atom. The summed E-state index contributed by atoms with van der Waals surface area (Å²) in [6.45, 7) is 8.34. The van der Waals surface area contributed by atoms with Gasteiger partial charge in [0.1, 0.15) is 0 Å².